The van der Waals surface area contributed by atoms with Crippen LogP contribution in [0.2, 0.25) is 5.02 Å². The van der Waals surface area contributed by atoms with Gasteiger partial charge in [0.05, 0.1) is 5.02 Å². The standard InChI is InChI=1S/C15H16ClNO4/c1-8(2)17-14(18)7-20-13-6-12-10(5-11(13)16)9(3)4-15(19)21-12/h4-6,8H,7H2,1-3H3,(H,17,18). The van der Waals surface area contributed by atoms with Crippen LogP contribution in [-0.2, 0) is 4.79 Å². The molecule has 0 saturated carbocycles. The van der Waals surface area contributed by atoms with E-state index in [2.05, 4.69) is 5.32 Å². The van der Waals surface area contributed by atoms with Crippen molar-refractivity contribution in [1.29, 1.82) is 0 Å². The number of amides is 1. The summed E-state index contributed by atoms with van der Waals surface area (Å²) >= 11 is 6.13. The van der Waals surface area contributed by atoms with Crippen molar-refractivity contribution >= 4 is 28.5 Å². The van der Waals surface area contributed by atoms with Crippen LogP contribution in [-0.4, -0.2) is 18.6 Å². The summed E-state index contributed by atoms with van der Waals surface area (Å²) in [6, 6.07) is 4.61. The number of hydrogen-bond acceptors (Lipinski definition) is 4. The zero-order valence-electron chi connectivity index (χ0n) is 12.0. The number of ether oxygens (including phenoxy) is 1. The van der Waals surface area contributed by atoms with Crippen LogP contribution in [0.4, 0.5) is 0 Å². The summed E-state index contributed by atoms with van der Waals surface area (Å²) in [5.41, 5.74) is 0.710. The van der Waals surface area contributed by atoms with E-state index in [1.165, 1.54) is 12.1 Å². The molecule has 0 saturated heterocycles. The average molecular weight is 310 g/mol. The molecule has 0 spiro atoms. The van der Waals surface area contributed by atoms with Crippen LogP contribution in [0.3, 0.4) is 0 Å². The predicted molar refractivity (Wildman–Crippen MR) is 81.0 cm³/mol. The van der Waals surface area contributed by atoms with Crippen molar-refractivity contribution < 1.29 is 13.9 Å². The Hall–Kier alpha value is -2.01. The molecule has 0 bridgehead atoms. The summed E-state index contributed by atoms with van der Waals surface area (Å²) in [6.07, 6.45) is 0. The summed E-state index contributed by atoms with van der Waals surface area (Å²) in [5, 5.41) is 3.80. The Bertz CT molecular complexity index is 736. The molecule has 2 aromatic rings. The van der Waals surface area contributed by atoms with Gasteiger partial charge in [-0.25, -0.2) is 4.79 Å². The van der Waals surface area contributed by atoms with E-state index < -0.39 is 5.63 Å². The second-order valence-corrected chi connectivity index (χ2v) is 5.45. The summed E-state index contributed by atoms with van der Waals surface area (Å²) in [5.74, 6) is 0.0590. The van der Waals surface area contributed by atoms with E-state index in [4.69, 9.17) is 20.8 Å². The molecule has 0 aliphatic rings. The van der Waals surface area contributed by atoms with E-state index >= 15 is 0 Å². The number of halogens is 1. The van der Waals surface area contributed by atoms with Gasteiger partial charge in [0.25, 0.3) is 5.91 Å². The van der Waals surface area contributed by atoms with Crippen LogP contribution >= 0.6 is 11.6 Å². The lowest BCUT2D eigenvalue weighted by atomic mass is 10.1. The molecule has 0 fully saturated rings. The molecule has 5 nitrogen and oxygen atoms in total. The Balaban J connectivity index is 2.26. The van der Waals surface area contributed by atoms with Crippen molar-refractivity contribution in [2.75, 3.05) is 6.61 Å². The predicted octanol–water partition coefficient (Wildman–Crippen LogP) is 2.66. The minimum Gasteiger partial charge on any atom is -0.482 e. The second kappa shape index (κ2) is 6.18. The van der Waals surface area contributed by atoms with Gasteiger partial charge in [-0.2, -0.15) is 0 Å². The first-order valence-electron chi connectivity index (χ1n) is 6.53. The minimum absolute atomic E-state index is 0.0360. The van der Waals surface area contributed by atoms with Gasteiger partial charge in [-0.05, 0) is 32.4 Å². The maximum atomic E-state index is 11.6. The summed E-state index contributed by atoms with van der Waals surface area (Å²) in [4.78, 5) is 22.9. The van der Waals surface area contributed by atoms with Gasteiger partial charge >= 0.3 is 5.63 Å². The molecular weight excluding hydrogens is 294 g/mol. The quantitative estimate of drug-likeness (QED) is 0.882. The van der Waals surface area contributed by atoms with Gasteiger partial charge < -0.3 is 14.5 Å². The maximum Gasteiger partial charge on any atom is 0.336 e. The molecular formula is C15H16ClNO4. The molecule has 0 atom stereocenters. The van der Waals surface area contributed by atoms with Crippen molar-refractivity contribution in [3.05, 3.63) is 39.2 Å². The van der Waals surface area contributed by atoms with Gasteiger partial charge in [0, 0.05) is 23.6 Å². The lowest BCUT2D eigenvalue weighted by molar-refractivity contribution is -0.123. The van der Waals surface area contributed by atoms with E-state index in [1.807, 2.05) is 13.8 Å². The van der Waals surface area contributed by atoms with Gasteiger partial charge in [0.1, 0.15) is 11.3 Å². The molecule has 1 aromatic heterocycles. The van der Waals surface area contributed by atoms with Gasteiger partial charge in [0.15, 0.2) is 6.61 Å². The van der Waals surface area contributed by atoms with E-state index in [0.717, 1.165) is 10.9 Å². The Labute approximate surface area is 126 Å². The van der Waals surface area contributed by atoms with Crippen LogP contribution in [0.25, 0.3) is 11.0 Å². The Kier molecular flexibility index (Phi) is 4.53. The topological polar surface area (TPSA) is 68.5 Å². The summed E-state index contributed by atoms with van der Waals surface area (Å²) in [7, 11) is 0. The molecule has 1 N–H and O–H groups in total. The number of carbonyl (C=O) groups excluding carboxylic acids is 1. The molecule has 0 unspecified atom stereocenters. The molecule has 1 heterocycles. The van der Waals surface area contributed by atoms with Crippen molar-refractivity contribution in [3.63, 3.8) is 0 Å². The number of fused-ring (bicyclic) bond motifs is 1. The molecule has 0 aliphatic carbocycles. The van der Waals surface area contributed by atoms with E-state index in [1.54, 1.807) is 13.0 Å². The minimum atomic E-state index is -0.439. The van der Waals surface area contributed by atoms with Gasteiger partial charge in [-0.15, -0.1) is 0 Å². The Morgan fingerprint density at radius 1 is 1.38 bits per heavy atom. The van der Waals surface area contributed by atoms with Crippen LogP contribution in [0.1, 0.15) is 19.4 Å². The second-order valence-electron chi connectivity index (χ2n) is 5.04. The smallest absolute Gasteiger partial charge is 0.336 e. The highest BCUT2D eigenvalue weighted by molar-refractivity contribution is 6.32. The first kappa shape index (κ1) is 15.4. The van der Waals surface area contributed by atoms with E-state index in [9.17, 15) is 9.59 Å². The highest BCUT2D eigenvalue weighted by atomic mass is 35.5. The van der Waals surface area contributed by atoms with Crippen molar-refractivity contribution in [1.82, 2.24) is 5.32 Å². The molecule has 21 heavy (non-hydrogen) atoms. The fourth-order valence-corrected chi connectivity index (χ4v) is 2.16. The number of benzene rings is 1. The molecule has 112 valence electrons. The van der Waals surface area contributed by atoms with Gasteiger partial charge in [-0.1, -0.05) is 11.6 Å². The van der Waals surface area contributed by atoms with Crippen LogP contribution in [0.5, 0.6) is 5.75 Å². The molecule has 0 radical (unpaired) electrons. The van der Waals surface area contributed by atoms with Crippen molar-refractivity contribution in [2.24, 2.45) is 0 Å². The number of aryl methyl sites for hydroxylation is 1. The summed E-state index contributed by atoms with van der Waals surface area (Å²) < 4.78 is 10.5. The van der Waals surface area contributed by atoms with Crippen molar-refractivity contribution in [2.45, 2.75) is 26.8 Å². The molecule has 1 aromatic carbocycles. The zero-order chi connectivity index (χ0) is 15.6. The molecule has 0 aliphatic heterocycles. The monoisotopic (exact) mass is 309 g/mol. The first-order chi connectivity index (χ1) is 9.86. The molecule has 6 heteroatoms. The van der Waals surface area contributed by atoms with Gasteiger partial charge in [-0.3, -0.25) is 4.79 Å². The highest BCUT2D eigenvalue weighted by Crippen LogP contribution is 2.30. The maximum absolute atomic E-state index is 11.6. The number of rotatable bonds is 4. The van der Waals surface area contributed by atoms with E-state index in [-0.39, 0.29) is 18.6 Å². The third kappa shape index (κ3) is 3.76. The Morgan fingerprint density at radius 2 is 2.10 bits per heavy atom. The fraction of sp³-hybridized carbons (Fsp3) is 0.333. The van der Waals surface area contributed by atoms with Crippen LogP contribution < -0.4 is 15.7 Å². The van der Waals surface area contributed by atoms with Gasteiger partial charge in [0.2, 0.25) is 0 Å². The molecule has 1 amide bonds. The Morgan fingerprint density at radius 3 is 2.76 bits per heavy atom. The largest absolute Gasteiger partial charge is 0.482 e. The zero-order valence-corrected chi connectivity index (χ0v) is 12.8. The lowest BCUT2D eigenvalue weighted by Gasteiger charge is -2.11. The van der Waals surface area contributed by atoms with Crippen molar-refractivity contribution in [3.8, 4) is 5.75 Å². The SMILES string of the molecule is Cc1cc(=O)oc2cc(OCC(=O)NC(C)C)c(Cl)cc12. The van der Waals surface area contributed by atoms with Crippen LogP contribution in [0, 0.1) is 6.92 Å². The number of nitrogens with one attached hydrogen (secondary N) is 1. The third-order valence-corrected chi connectivity index (χ3v) is 3.11. The molecule has 2 rings (SSSR count). The van der Waals surface area contributed by atoms with Crippen LogP contribution in [0.15, 0.2) is 27.4 Å². The summed E-state index contributed by atoms with van der Waals surface area (Å²) in [6.45, 7) is 5.36. The third-order valence-electron chi connectivity index (χ3n) is 2.81. The fourth-order valence-electron chi connectivity index (χ4n) is 1.94. The number of carbonyl (C=O) groups is 1. The lowest BCUT2D eigenvalue weighted by Crippen LogP contribution is -2.34. The first-order valence-corrected chi connectivity index (χ1v) is 6.91. The normalized spacial score (nSPS) is 10.9. The van der Waals surface area contributed by atoms with E-state index in [0.29, 0.717) is 16.4 Å². The average Bonchev–Trinajstić information content (AvgIpc) is 2.36. The highest BCUT2D eigenvalue weighted by Gasteiger charge is 2.11. The number of hydrogen-bond donors (Lipinski definition) is 1.